The Balaban J connectivity index is 1.76. The highest BCUT2D eigenvalue weighted by Gasteiger charge is 2.51. The summed E-state index contributed by atoms with van der Waals surface area (Å²) in [5, 5.41) is 16.5. The van der Waals surface area contributed by atoms with E-state index in [4.69, 9.17) is 12.2 Å². The Labute approximate surface area is 238 Å². The Morgan fingerprint density at radius 2 is 1.85 bits per heavy atom. The lowest BCUT2D eigenvalue weighted by molar-refractivity contribution is -0.258. The highest BCUT2D eigenvalue weighted by molar-refractivity contribution is 7.96. The number of hydrogen-bond donors (Lipinski definition) is 3. The van der Waals surface area contributed by atoms with Crippen LogP contribution < -0.4 is 10.6 Å². The second-order valence-electron chi connectivity index (χ2n) is 11.0. The summed E-state index contributed by atoms with van der Waals surface area (Å²) in [5.74, 6) is -0.167. The minimum atomic E-state index is -4.88. The van der Waals surface area contributed by atoms with Crippen molar-refractivity contribution in [1.29, 1.82) is 0 Å². The molecule has 8 nitrogen and oxygen atoms in total. The summed E-state index contributed by atoms with van der Waals surface area (Å²) >= 11 is 5.35. The van der Waals surface area contributed by atoms with Crippen molar-refractivity contribution in [3.05, 3.63) is 58.5 Å². The molecule has 0 aromatic heterocycles. The van der Waals surface area contributed by atoms with Crippen LogP contribution in [0.3, 0.4) is 0 Å². The summed E-state index contributed by atoms with van der Waals surface area (Å²) in [6.45, 7) is 6.12. The maximum atomic E-state index is 13.8. The Morgan fingerprint density at radius 3 is 2.45 bits per heavy atom. The molecule has 3 atom stereocenters. The molecule has 0 saturated carbocycles. The summed E-state index contributed by atoms with van der Waals surface area (Å²) in [4.78, 5) is 15.2. The number of halogens is 3. The SMILES string of the molecule is CC(C)[C@@H]1C(=O)NCCN1C[C@@]1(c2ccc([C@@](C)(O)C(F)(F)F)cc2)CN(S(=O)(=O)C2=CC=CCC2=S)CCN1. The molecule has 2 heterocycles. The van der Waals surface area contributed by atoms with E-state index in [1.165, 1.54) is 34.6 Å². The molecule has 2 aliphatic heterocycles. The van der Waals surface area contributed by atoms with Crippen molar-refractivity contribution in [3.8, 4) is 0 Å². The van der Waals surface area contributed by atoms with Crippen LogP contribution in [-0.4, -0.2) is 85.0 Å². The van der Waals surface area contributed by atoms with Crippen LogP contribution in [0.5, 0.6) is 0 Å². The largest absolute Gasteiger partial charge is 0.421 e. The first kappa shape index (κ1) is 30.8. The van der Waals surface area contributed by atoms with Crippen LogP contribution in [0.25, 0.3) is 0 Å². The molecule has 2 saturated heterocycles. The number of nitrogens with one attached hydrogen (secondary N) is 2. The zero-order chi connectivity index (χ0) is 29.5. The average Bonchev–Trinajstić information content (AvgIpc) is 2.88. The topological polar surface area (TPSA) is 102 Å². The van der Waals surface area contributed by atoms with Gasteiger partial charge in [0.05, 0.1) is 16.5 Å². The van der Waals surface area contributed by atoms with E-state index < -0.39 is 33.4 Å². The van der Waals surface area contributed by atoms with Gasteiger partial charge < -0.3 is 15.7 Å². The van der Waals surface area contributed by atoms with Gasteiger partial charge in [-0.3, -0.25) is 9.69 Å². The van der Waals surface area contributed by atoms with Crippen molar-refractivity contribution in [2.24, 2.45) is 5.92 Å². The maximum absolute atomic E-state index is 13.8. The quantitative estimate of drug-likeness (QED) is 0.414. The Morgan fingerprint density at radius 1 is 1.18 bits per heavy atom. The van der Waals surface area contributed by atoms with Gasteiger partial charge >= 0.3 is 6.18 Å². The number of aliphatic hydroxyl groups is 1. The smallest absolute Gasteiger partial charge is 0.376 e. The van der Waals surface area contributed by atoms with Crippen molar-refractivity contribution in [1.82, 2.24) is 19.8 Å². The number of hydrogen-bond acceptors (Lipinski definition) is 7. The molecule has 220 valence electrons. The molecule has 1 aliphatic carbocycles. The molecule has 4 rings (SSSR count). The van der Waals surface area contributed by atoms with Gasteiger partial charge in [-0.15, -0.1) is 0 Å². The number of alkyl halides is 3. The Bertz CT molecular complexity index is 1310. The second kappa shape index (κ2) is 11.3. The number of sulfonamides is 1. The lowest BCUT2D eigenvalue weighted by Crippen LogP contribution is -2.67. The van der Waals surface area contributed by atoms with Crippen molar-refractivity contribution in [2.75, 3.05) is 39.3 Å². The molecule has 13 heteroatoms. The summed E-state index contributed by atoms with van der Waals surface area (Å²) in [7, 11) is -3.97. The summed E-state index contributed by atoms with van der Waals surface area (Å²) in [5.41, 5.74) is -3.91. The van der Waals surface area contributed by atoms with Crippen molar-refractivity contribution in [2.45, 2.75) is 50.6 Å². The fourth-order valence-electron chi connectivity index (χ4n) is 5.60. The van der Waals surface area contributed by atoms with Crippen molar-refractivity contribution >= 4 is 33.0 Å². The predicted octanol–water partition coefficient (Wildman–Crippen LogP) is 2.56. The Kier molecular flexibility index (Phi) is 8.66. The molecule has 1 aromatic carbocycles. The van der Waals surface area contributed by atoms with Crippen molar-refractivity contribution in [3.63, 3.8) is 0 Å². The van der Waals surface area contributed by atoms with Crippen LogP contribution in [0.4, 0.5) is 13.2 Å². The molecule has 0 radical (unpaired) electrons. The van der Waals surface area contributed by atoms with E-state index in [2.05, 4.69) is 10.6 Å². The van der Waals surface area contributed by atoms with Crippen LogP contribution in [0.15, 0.2) is 47.4 Å². The van der Waals surface area contributed by atoms with Crippen molar-refractivity contribution < 1.29 is 31.5 Å². The minimum Gasteiger partial charge on any atom is -0.376 e. The monoisotopic (exact) mass is 600 g/mol. The van der Waals surface area contributed by atoms with Gasteiger partial charge in [0.1, 0.15) is 0 Å². The number of allylic oxidation sites excluding steroid dienone is 4. The first-order chi connectivity index (χ1) is 18.6. The van der Waals surface area contributed by atoms with E-state index in [0.717, 1.165) is 0 Å². The van der Waals surface area contributed by atoms with Gasteiger partial charge in [-0.25, -0.2) is 8.42 Å². The van der Waals surface area contributed by atoms with Crippen LogP contribution in [0.1, 0.15) is 38.3 Å². The van der Waals surface area contributed by atoms with Gasteiger partial charge in [0, 0.05) is 50.6 Å². The zero-order valence-corrected chi connectivity index (χ0v) is 24.3. The number of thiocarbonyl (C=S) groups is 1. The molecule has 0 spiro atoms. The lowest BCUT2D eigenvalue weighted by atomic mass is 9.84. The van der Waals surface area contributed by atoms with E-state index in [1.807, 2.05) is 18.7 Å². The fraction of sp³-hybridized carbons (Fsp3) is 0.556. The third-order valence-electron chi connectivity index (χ3n) is 7.87. The van der Waals surface area contributed by atoms with Crippen LogP contribution in [0.2, 0.25) is 0 Å². The van der Waals surface area contributed by atoms with E-state index in [0.29, 0.717) is 36.9 Å². The molecule has 1 amide bonds. The van der Waals surface area contributed by atoms with Crippen LogP contribution >= 0.6 is 12.2 Å². The first-order valence-corrected chi connectivity index (χ1v) is 15.0. The number of piperazine rings is 2. The van der Waals surface area contributed by atoms with Gasteiger partial charge in [0.2, 0.25) is 15.9 Å². The maximum Gasteiger partial charge on any atom is 0.421 e. The summed E-state index contributed by atoms with van der Waals surface area (Å²) in [6, 6.07) is 4.93. The van der Waals surface area contributed by atoms with Gasteiger partial charge in [-0.05, 0) is 30.0 Å². The molecular weight excluding hydrogens is 565 g/mol. The number of amides is 1. The molecule has 0 bridgehead atoms. The van der Waals surface area contributed by atoms with E-state index in [9.17, 15) is 31.5 Å². The van der Waals surface area contributed by atoms with Crippen LogP contribution in [0, 0.1) is 5.92 Å². The number of carbonyl (C=O) groups excluding carboxylic acids is 1. The fourth-order valence-corrected chi connectivity index (χ4v) is 7.70. The number of rotatable bonds is 7. The number of carbonyl (C=O) groups is 1. The highest BCUT2D eigenvalue weighted by atomic mass is 32.2. The van der Waals surface area contributed by atoms with Gasteiger partial charge in [0.25, 0.3) is 0 Å². The van der Waals surface area contributed by atoms with E-state index in [1.54, 1.807) is 12.2 Å². The minimum absolute atomic E-state index is 0.0308. The standard InChI is InChI=1S/C27H35F3N4O4S2/c1-18(2)23-24(35)31-12-14-33(23)16-26(20-10-8-19(9-11-20)25(3,36)27(28,29)30)17-34(15-13-32-26)40(37,38)22-7-5-4-6-21(22)39/h4-5,7-11,18,23,32,36H,6,12-17H2,1-3H3,(H,31,35)/t23-,25-,26+/m1/s1. The molecule has 3 N–H and O–H groups in total. The normalized spacial score (nSPS) is 26.9. The first-order valence-electron chi connectivity index (χ1n) is 13.2. The van der Waals surface area contributed by atoms with E-state index >= 15 is 0 Å². The highest BCUT2D eigenvalue weighted by Crippen LogP contribution is 2.39. The van der Waals surface area contributed by atoms with E-state index in [-0.39, 0.29) is 48.5 Å². The molecule has 0 unspecified atom stereocenters. The summed E-state index contributed by atoms with van der Waals surface area (Å²) < 4.78 is 69.4. The number of nitrogens with zero attached hydrogens (tertiary/aromatic N) is 2. The molecular formula is C27H35F3N4O4S2. The number of benzene rings is 1. The zero-order valence-electron chi connectivity index (χ0n) is 22.7. The molecule has 40 heavy (non-hydrogen) atoms. The van der Waals surface area contributed by atoms with Gasteiger partial charge in [-0.2, -0.15) is 17.5 Å². The predicted molar refractivity (Wildman–Crippen MR) is 150 cm³/mol. The molecule has 1 aromatic rings. The van der Waals surface area contributed by atoms with Gasteiger partial charge in [-0.1, -0.05) is 62.5 Å². The average molecular weight is 601 g/mol. The summed E-state index contributed by atoms with van der Waals surface area (Å²) in [6.07, 6.45) is 0.392. The third kappa shape index (κ3) is 5.77. The van der Waals surface area contributed by atoms with Gasteiger partial charge in [0.15, 0.2) is 5.60 Å². The third-order valence-corrected chi connectivity index (χ3v) is 10.3. The van der Waals surface area contributed by atoms with Crippen LogP contribution in [-0.2, 0) is 26.0 Å². The molecule has 3 aliphatic rings. The molecule has 2 fully saturated rings. The Hall–Kier alpha value is -2.16. The second-order valence-corrected chi connectivity index (χ2v) is 13.4. The lowest BCUT2D eigenvalue weighted by Gasteiger charge is -2.48.